The largest absolute Gasteiger partial charge is 0.489 e. The molecule has 0 saturated carbocycles. The summed E-state index contributed by atoms with van der Waals surface area (Å²) in [6.45, 7) is 0.392. The van der Waals surface area contributed by atoms with E-state index in [1.807, 2.05) is 84.9 Å². The monoisotopic (exact) mass is 434 g/mol. The molecule has 33 heavy (non-hydrogen) atoms. The van der Waals surface area contributed by atoms with Gasteiger partial charge < -0.3 is 14.8 Å². The summed E-state index contributed by atoms with van der Waals surface area (Å²) in [7, 11) is 0. The van der Waals surface area contributed by atoms with E-state index in [0.717, 1.165) is 16.9 Å². The zero-order chi connectivity index (χ0) is 22.7. The van der Waals surface area contributed by atoms with Crippen molar-refractivity contribution < 1.29 is 14.3 Å². The molecule has 4 aromatic rings. The maximum absolute atomic E-state index is 12.3. The normalized spacial score (nSPS) is 9.94. The number of carbonyl (C=O) groups is 1. The standard InChI is InChI=1S/C28H22N2O3/c31-28(30-25-11-6-9-22(19-25)12-13-24-10-4-5-18-29-24)21-33-27-16-14-26(15-17-27)32-20-23-7-2-1-3-8-23/h1-11,14-19H,20-21H2,(H,30,31). The van der Waals surface area contributed by atoms with E-state index in [0.29, 0.717) is 23.7 Å². The van der Waals surface area contributed by atoms with Crippen LogP contribution < -0.4 is 14.8 Å². The van der Waals surface area contributed by atoms with E-state index in [1.54, 1.807) is 18.3 Å². The number of hydrogen-bond donors (Lipinski definition) is 1. The number of hydrogen-bond acceptors (Lipinski definition) is 4. The van der Waals surface area contributed by atoms with Gasteiger partial charge in [0.25, 0.3) is 5.91 Å². The summed E-state index contributed by atoms with van der Waals surface area (Å²) in [5.74, 6) is 7.12. The van der Waals surface area contributed by atoms with E-state index in [-0.39, 0.29) is 12.5 Å². The molecule has 1 N–H and O–H groups in total. The van der Waals surface area contributed by atoms with E-state index >= 15 is 0 Å². The van der Waals surface area contributed by atoms with Crippen molar-refractivity contribution in [3.05, 3.63) is 120 Å². The van der Waals surface area contributed by atoms with Gasteiger partial charge in [0.2, 0.25) is 0 Å². The van der Waals surface area contributed by atoms with Crippen molar-refractivity contribution >= 4 is 11.6 Å². The Morgan fingerprint density at radius 1 is 0.788 bits per heavy atom. The topological polar surface area (TPSA) is 60.5 Å². The lowest BCUT2D eigenvalue weighted by Gasteiger charge is -2.09. The predicted octanol–water partition coefficient (Wildman–Crippen LogP) is 5.08. The molecule has 1 aromatic heterocycles. The third-order valence-electron chi connectivity index (χ3n) is 4.59. The maximum atomic E-state index is 12.3. The van der Waals surface area contributed by atoms with Gasteiger partial charge in [-0.1, -0.05) is 48.4 Å². The van der Waals surface area contributed by atoms with Crippen LogP contribution in [0.5, 0.6) is 11.5 Å². The van der Waals surface area contributed by atoms with Crippen molar-refractivity contribution in [2.24, 2.45) is 0 Å². The second-order valence-electron chi connectivity index (χ2n) is 7.13. The number of nitrogens with one attached hydrogen (secondary N) is 1. The smallest absolute Gasteiger partial charge is 0.262 e. The van der Waals surface area contributed by atoms with Gasteiger partial charge in [-0.3, -0.25) is 4.79 Å². The Hall–Kier alpha value is -4.56. The van der Waals surface area contributed by atoms with Gasteiger partial charge in [-0.25, -0.2) is 4.98 Å². The number of carbonyl (C=O) groups excluding carboxylic acids is 1. The minimum Gasteiger partial charge on any atom is -0.489 e. The fourth-order valence-electron chi connectivity index (χ4n) is 2.97. The minimum atomic E-state index is -0.255. The third-order valence-corrected chi connectivity index (χ3v) is 4.59. The van der Waals surface area contributed by atoms with Crippen LogP contribution in [0.1, 0.15) is 16.8 Å². The number of rotatable bonds is 7. The summed E-state index contributed by atoms with van der Waals surface area (Å²) >= 11 is 0. The molecule has 0 fully saturated rings. The fraction of sp³-hybridized carbons (Fsp3) is 0.0714. The Labute approximate surface area is 193 Å². The van der Waals surface area contributed by atoms with Gasteiger partial charge in [-0.15, -0.1) is 0 Å². The number of ether oxygens (including phenoxy) is 2. The van der Waals surface area contributed by atoms with Gasteiger partial charge in [0.1, 0.15) is 23.8 Å². The van der Waals surface area contributed by atoms with E-state index < -0.39 is 0 Å². The zero-order valence-corrected chi connectivity index (χ0v) is 17.9. The van der Waals surface area contributed by atoms with Gasteiger partial charge in [0.05, 0.1) is 0 Å². The van der Waals surface area contributed by atoms with Crippen LogP contribution in [-0.4, -0.2) is 17.5 Å². The summed E-state index contributed by atoms with van der Waals surface area (Å²) in [5.41, 5.74) is 3.23. The van der Waals surface area contributed by atoms with Crippen LogP contribution in [0.3, 0.4) is 0 Å². The molecule has 3 aromatic carbocycles. The number of pyridine rings is 1. The summed E-state index contributed by atoms with van der Waals surface area (Å²) < 4.78 is 11.4. The molecule has 4 rings (SSSR count). The van der Waals surface area contributed by atoms with Crippen LogP contribution in [0.15, 0.2) is 103 Å². The van der Waals surface area contributed by atoms with E-state index in [4.69, 9.17) is 9.47 Å². The second-order valence-corrected chi connectivity index (χ2v) is 7.13. The Morgan fingerprint density at radius 2 is 1.55 bits per heavy atom. The molecule has 1 amide bonds. The number of aromatic nitrogens is 1. The molecule has 0 aliphatic heterocycles. The molecule has 0 bridgehead atoms. The first-order chi connectivity index (χ1) is 16.2. The quantitative estimate of drug-likeness (QED) is 0.412. The third kappa shape index (κ3) is 6.98. The molecular formula is C28H22N2O3. The van der Waals surface area contributed by atoms with Gasteiger partial charge >= 0.3 is 0 Å². The lowest BCUT2D eigenvalue weighted by Crippen LogP contribution is -2.20. The Kier molecular flexibility index (Phi) is 7.33. The molecular weight excluding hydrogens is 412 g/mol. The van der Waals surface area contributed by atoms with Crippen LogP contribution in [-0.2, 0) is 11.4 Å². The average Bonchev–Trinajstić information content (AvgIpc) is 2.87. The summed E-state index contributed by atoms with van der Waals surface area (Å²) in [4.78, 5) is 16.5. The zero-order valence-electron chi connectivity index (χ0n) is 17.9. The first-order valence-corrected chi connectivity index (χ1v) is 10.5. The van der Waals surface area contributed by atoms with Crippen molar-refractivity contribution in [3.8, 4) is 23.3 Å². The highest BCUT2D eigenvalue weighted by atomic mass is 16.5. The van der Waals surface area contributed by atoms with E-state index in [1.165, 1.54) is 0 Å². The fourth-order valence-corrected chi connectivity index (χ4v) is 2.97. The lowest BCUT2D eigenvalue weighted by atomic mass is 10.2. The Balaban J connectivity index is 1.26. The van der Waals surface area contributed by atoms with Crippen LogP contribution in [0.2, 0.25) is 0 Å². The minimum absolute atomic E-state index is 0.103. The predicted molar refractivity (Wildman–Crippen MR) is 128 cm³/mol. The van der Waals surface area contributed by atoms with Crippen LogP contribution in [0, 0.1) is 11.8 Å². The van der Waals surface area contributed by atoms with Crippen molar-refractivity contribution in [3.63, 3.8) is 0 Å². The SMILES string of the molecule is O=C(COc1ccc(OCc2ccccc2)cc1)Nc1cccc(C#Cc2ccccn2)c1. The molecule has 0 atom stereocenters. The number of amides is 1. The summed E-state index contributed by atoms with van der Waals surface area (Å²) in [5, 5.41) is 2.83. The Morgan fingerprint density at radius 3 is 2.30 bits per heavy atom. The van der Waals surface area contributed by atoms with Crippen molar-refractivity contribution in [2.75, 3.05) is 11.9 Å². The molecule has 0 radical (unpaired) electrons. The van der Waals surface area contributed by atoms with Gasteiger partial charge in [0.15, 0.2) is 6.61 Å². The van der Waals surface area contributed by atoms with Crippen molar-refractivity contribution in [1.29, 1.82) is 0 Å². The van der Waals surface area contributed by atoms with Crippen LogP contribution in [0.25, 0.3) is 0 Å². The van der Waals surface area contributed by atoms with E-state index in [9.17, 15) is 4.79 Å². The highest BCUT2D eigenvalue weighted by Crippen LogP contribution is 2.19. The van der Waals surface area contributed by atoms with Gasteiger partial charge in [-0.2, -0.15) is 0 Å². The molecule has 1 heterocycles. The number of nitrogens with zero attached hydrogens (tertiary/aromatic N) is 1. The molecule has 0 unspecified atom stereocenters. The summed E-state index contributed by atoms with van der Waals surface area (Å²) in [6.07, 6.45) is 1.70. The average molecular weight is 434 g/mol. The van der Waals surface area contributed by atoms with Gasteiger partial charge in [0, 0.05) is 17.4 Å². The number of anilines is 1. The molecule has 0 aliphatic rings. The molecule has 5 nitrogen and oxygen atoms in total. The number of benzene rings is 3. The Bertz CT molecular complexity index is 1250. The van der Waals surface area contributed by atoms with Gasteiger partial charge in [-0.05, 0) is 66.1 Å². The van der Waals surface area contributed by atoms with Crippen LogP contribution in [0.4, 0.5) is 5.69 Å². The maximum Gasteiger partial charge on any atom is 0.262 e. The molecule has 162 valence electrons. The highest BCUT2D eigenvalue weighted by Gasteiger charge is 2.05. The van der Waals surface area contributed by atoms with Crippen molar-refractivity contribution in [1.82, 2.24) is 4.98 Å². The van der Waals surface area contributed by atoms with Crippen molar-refractivity contribution in [2.45, 2.75) is 6.61 Å². The first-order valence-electron chi connectivity index (χ1n) is 10.5. The lowest BCUT2D eigenvalue weighted by molar-refractivity contribution is -0.118. The second kappa shape index (κ2) is 11.2. The summed E-state index contributed by atoms with van der Waals surface area (Å²) in [6, 6.07) is 30.1. The van der Waals surface area contributed by atoms with Crippen LogP contribution >= 0.6 is 0 Å². The molecule has 0 saturated heterocycles. The highest BCUT2D eigenvalue weighted by molar-refractivity contribution is 5.92. The molecule has 0 aliphatic carbocycles. The van der Waals surface area contributed by atoms with E-state index in [2.05, 4.69) is 22.1 Å². The molecule has 5 heteroatoms. The first kappa shape index (κ1) is 21.7. The molecule has 0 spiro atoms.